The molecule has 0 amide bonds. The highest BCUT2D eigenvalue weighted by Gasteiger charge is 2.75. The summed E-state index contributed by atoms with van der Waals surface area (Å²) < 4.78 is 22.4. The fourth-order valence-electron chi connectivity index (χ4n) is 7.60. The lowest BCUT2D eigenvalue weighted by molar-refractivity contribution is -0.220. The minimum atomic E-state index is -2.02. The van der Waals surface area contributed by atoms with Crippen LogP contribution in [0, 0.1) is 34.0 Å². The highest BCUT2D eigenvalue weighted by Crippen LogP contribution is 2.70. The topological polar surface area (TPSA) is 101 Å². The fourth-order valence-corrected chi connectivity index (χ4v) is 7.60. The SMILES string of the molecule is C[C@@H]1C[C@H]2[C@@H]3CCC4=CC(=O)C=C[C@]4(C)[C@@]3(F)[C@@H](O)C[C@]2(C)[C@@]1(O)C(=O)COC(=O)C(C)(C)C. The first-order valence-electron chi connectivity index (χ1n) is 12.3. The van der Waals surface area contributed by atoms with Crippen LogP contribution in [0.15, 0.2) is 23.8 Å². The van der Waals surface area contributed by atoms with E-state index >= 15 is 4.39 Å². The largest absolute Gasteiger partial charge is 0.457 e. The molecular formula is C27H37FO6. The molecule has 0 heterocycles. The Morgan fingerprint density at radius 2 is 1.88 bits per heavy atom. The number of rotatable bonds is 3. The molecule has 0 aromatic rings. The molecule has 0 unspecified atom stereocenters. The number of aliphatic hydroxyl groups is 2. The van der Waals surface area contributed by atoms with Gasteiger partial charge < -0.3 is 14.9 Å². The highest BCUT2D eigenvalue weighted by atomic mass is 19.1. The van der Waals surface area contributed by atoms with Gasteiger partial charge in [0.05, 0.1) is 11.5 Å². The Morgan fingerprint density at radius 3 is 2.50 bits per heavy atom. The van der Waals surface area contributed by atoms with Crippen molar-refractivity contribution in [3.05, 3.63) is 23.8 Å². The first-order valence-corrected chi connectivity index (χ1v) is 12.3. The zero-order valence-electron chi connectivity index (χ0n) is 21.0. The van der Waals surface area contributed by atoms with Crippen LogP contribution in [0.25, 0.3) is 0 Å². The van der Waals surface area contributed by atoms with Gasteiger partial charge in [-0.25, -0.2) is 4.39 Å². The fraction of sp³-hybridized carbons (Fsp3) is 0.741. The molecule has 3 saturated carbocycles. The maximum Gasteiger partial charge on any atom is 0.311 e. The minimum absolute atomic E-state index is 0.102. The van der Waals surface area contributed by atoms with Crippen LogP contribution in [0.3, 0.4) is 0 Å². The van der Waals surface area contributed by atoms with Gasteiger partial charge in [0.15, 0.2) is 18.1 Å². The standard InChI is InChI=1S/C27H37FO6/c1-15-11-19-18-8-7-16-12-17(29)9-10-24(16,5)26(18,28)20(30)13-25(19,6)27(15,33)21(31)14-34-22(32)23(2,3)4/h9-10,12,15,18-20,30,33H,7-8,11,13-14H2,1-6H3/t15-,18+,19+,20+,24+,25+,26+,27+/m1/s1. The van der Waals surface area contributed by atoms with Crippen LogP contribution in [-0.4, -0.2) is 51.7 Å². The van der Waals surface area contributed by atoms with E-state index in [4.69, 9.17) is 4.74 Å². The van der Waals surface area contributed by atoms with E-state index in [9.17, 15) is 24.6 Å². The number of ketones is 2. The third kappa shape index (κ3) is 3.08. The summed E-state index contributed by atoms with van der Waals surface area (Å²) in [6.07, 6.45) is 4.27. The number of fused-ring (bicyclic) bond motifs is 5. The highest BCUT2D eigenvalue weighted by molar-refractivity contribution is 6.01. The molecule has 7 heteroatoms. The van der Waals surface area contributed by atoms with E-state index in [0.717, 1.165) is 0 Å². The third-order valence-corrected chi connectivity index (χ3v) is 9.59. The van der Waals surface area contributed by atoms with Crippen LogP contribution < -0.4 is 0 Å². The first-order chi connectivity index (χ1) is 15.5. The van der Waals surface area contributed by atoms with Crippen molar-refractivity contribution in [1.29, 1.82) is 0 Å². The van der Waals surface area contributed by atoms with Crippen molar-refractivity contribution in [3.63, 3.8) is 0 Å². The predicted octanol–water partition coefficient (Wildman–Crippen LogP) is 3.49. The Kier molecular flexibility index (Phi) is 5.62. The van der Waals surface area contributed by atoms with Crippen molar-refractivity contribution in [1.82, 2.24) is 0 Å². The molecule has 4 aliphatic rings. The summed E-state index contributed by atoms with van der Waals surface area (Å²) in [5, 5.41) is 23.2. The Bertz CT molecular complexity index is 994. The molecule has 0 radical (unpaired) electrons. The Labute approximate surface area is 200 Å². The van der Waals surface area contributed by atoms with Gasteiger partial charge in [-0.05, 0) is 77.4 Å². The number of Topliss-reactive ketones (excluding diaryl/α,β-unsaturated/α-hetero) is 1. The normalized spacial score (nSPS) is 45.7. The maximum atomic E-state index is 17.1. The number of hydrogen-bond donors (Lipinski definition) is 2. The van der Waals surface area contributed by atoms with Crippen molar-refractivity contribution in [2.45, 2.75) is 84.6 Å². The second-order valence-corrected chi connectivity index (χ2v) is 12.4. The molecule has 0 aromatic carbocycles. The van der Waals surface area contributed by atoms with Crippen molar-refractivity contribution < 1.29 is 33.7 Å². The monoisotopic (exact) mass is 476 g/mol. The summed E-state index contributed by atoms with van der Waals surface area (Å²) in [6, 6.07) is 0. The molecule has 0 aliphatic heterocycles. The zero-order chi connectivity index (χ0) is 25.5. The van der Waals surface area contributed by atoms with Gasteiger partial charge in [0, 0.05) is 16.7 Å². The molecule has 8 atom stereocenters. The Balaban J connectivity index is 1.69. The van der Waals surface area contributed by atoms with Gasteiger partial charge in [-0.2, -0.15) is 0 Å². The van der Waals surface area contributed by atoms with Gasteiger partial charge in [0.1, 0.15) is 5.60 Å². The molecule has 6 nitrogen and oxygen atoms in total. The lowest BCUT2D eigenvalue weighted by Gasteiger charge is -2.62. The van der Waals surface area contributed by atoms with Crippen LogP contribution in [-0.2, 0) is 19.1 Å². The predicted molar refractivity (Wildman–Crippen MR) is 123 cm³/mol. The number of esters is 1. The van der Waals surface area contributed by atoms with Crippen molar-refractivity contribution in [3.8, 4) is 0 Å². The molecule has 0 saturated heterocycles. The summed E-state index contributed by atoms with van der Waals surface area (Å²) >= 11 is 0. The van der Waals surface area contributed by atoms with E-state index in [1.165, 1.54) is 12.2 Å². The average Bonchev–Trinajstić information content (AvgIpc) is 2.94. The quantitative estimate of drug-likeness (QED) is 0.605. The lowest BCUT2D eigenvalue weighted by atomic mass is 9.44. The smallest absolute Gasteiger partial charge is 0.311 e. The second-order valence-electron chi connectivity index (χ2n) is 12.4. The maximum absolute atomic E-state index is 17.1. The van der Waals surface area contributed by atoms with Crippen LogP contribution in [0.2, 0.25) is 0 Å². The molecule has 188 valence electrons. The van der Waals surface area contributed by atoms with E-state index < -0.39 is 63.8 Å². The minimum Gasteiger partial charge on any atom is -0.457 e. The van der Waals surface area contributed by atoms with Crippen molar-refractivity contribution >= 4 is 17.5 Å². The molecule has 4 aliphatic carbocycles. The van der Waals surface area contributed by atoms with Gasteiger partial charge in [-0.1, -0.05) is 25.5 Å². The number of hydrogen-bond acceptors (Lipinski definition) is 6. The average molecular weight is 477 g/mol. The van der Waals surface area contributed by atoms with Crippen LogP contribution >= 0.6 is 0 Å². The Hall–Kier alpha value is -1.86. The summed E-state index contributed by atoms with van der Waals surface area (Å²) in [5.41, 5.74) is -6.18. The van der Waals surface area contributed by atoms with E-state index in [-0.39, 0.29) is 18.1 Å². The number of carbonyl (C=O) groups excluding carboxylic acids is 3. The van der Waals surface area contributed by atoms with Gasteiger partial charge in [-0.15, -0.1) is 0 Å². The second kappa shape index (κ2) is 7.57. The number of ether oxygens (including phenoxy) is 1. The van der Waals surface area contributed by atoms with E-state index in [2.05, 4.69) is 0 Å². The van der Waals surface area contributed by atoms with Crippen LogP contribution in [0.4, 0.5) is 4.39 Å². The van der Waals surface area contributed by atoms with Crippen molar-refractivity contribution in [2.75, 3.05) is 6.61 Å². The van der Waals surface area contributed by atoms with Gasteiger partial charge in [-0.3, -0.25) is 14.4 Å². The molecular weight excluding hydrogens is 439 g/mol. The molecule has 0 aromatic heterocycles. The van der Waals surface area contributed by atoms with Crippen molar-refractivity contribution in [2.24, 2.45) is 34.0 Å². The number of carbonyl (C=O) groups is 3. The van der Waals surface area contributed by atoms with E-state index in [1.807, 2.05) is 0 Å². The molecule has 34 heavy (non-hydrogen) atoms. The zero-order valence-corrected chi connectivity index (χ0v) is 21.0. The number of aliphatic hydroxyl groups excluding tert-OH is 1. The molecule has 0 spiro atoms. The summed E-state index contributed by atoms with van der Waals surface area (Å²) in [6.45, 7) is 9.76. The third-order valence-electron chi connectivity index (χ3n) is 9.59. The Morgan fingerprint density at radius 1 is 1.24 bits per heavy atom. The number of alkyl halides is 1. The first kappa shape index (κ1) is 25.2. The number of allylic oxidation sites excluding steroid dienone is 4. The molecule has 2 N–H and O–H groups in total. The molecule has 0 bridgehead atoms. The lowest BCUT2D eigenvalue weighted by Crippen LogP contribution is -2.69. The summed E-state index contributed by atoms with van der Waals surface area (Å²) in [4.78, 5) is 37.6. The van der Waals surface area contributed by atoms with Crippen LogP contribution in [0.5, 0.6) is 0 Å². The van der Waals surface area contributed by atoms with Gasteiger partial charge >= 0.3 is 5.97 Å². The van der Waals surface area contributed by atoms with E-state index in [1.54, 1.807) is 47.6 Å². The van der Waals surface area contributed by atoms with Crippen LogP contribution in [0.1, 0.15) is 67.2 Å². The molecule has 3 fully saturated rings. The molecule has 4 rings (SSSR count). The summed E-state index contributed by atoms with van der Waals surface area (Å²) in [7, 11) is 0. The van der Waals surface area contributed by atoms with Gasteiger partial charge in [0.2, 0.25) is 5.78 Å². The van der Waals surface area contributed by atoms with Gasteiger partial charge in [0.25, 0.3) is 0 Å². The van der Waals surface area contributed by atoms with E-state index in [0.29, 0.717) is 24.8 Å². The number of halogens is 1. The summed E-state index contributed by atoms with van der Waals surface area (Å²) in [5.74, 6) is -2.77.